The lowest BCUT2D eigenvalue weighted by molar-refractivity contribution is 0.117. The molecule has 8 nitrogen and oxygen atoms in total. The molecule has 5 aliphatic heterocycles. The summed E-state index contributed by atoms with van der Waals surface area (Å²) in [5.74, 6) is 11.8. The lowest BCUT2D eigenvalue weighted by Crippen LogP contribution is -2.41. The molecule has 6 fully saturated rings. The highest BCUT2D eigenvalue weighted by atomic mass is 15.2. The Morgan fingerprint density at radius 1 is 0.337 bits per heavy atom. The fraction of sp³-hybridized carbons (Fsp3) is 1.00. The Morgan fingerprint density at radius 3 is 0.955 bits per heavy atom. The van der Waals surface area contributed by atoms with Crippen molar-refractivity contribution in [2.75, 3.05) is 85.6 Å². The minimum atomic E-state index is 0.642. The minimum absolute atomic E-state index is 0.642. The molecule has 1 saturated carbocycles. The van der Waals surface area contributed by atoms with Crippen LogP contribution in [0.5, 0.6) is 0 Å². The summed E-state index contributed by atoms with van der Waals surface area (Å²) < 4.78 is 0. The molecule has 0 spiro atoms. The van der Waals surface area contributed by atoms with Gasteiger partial charge in [0.25, 0.3) is 0 Å². The van der Waals surface area contributed by atoms with Crippen LogP contribution in [-0.4, -0.2) is 169 Å². The van der Waals surface area contributed by atoms with Gasteiger partial charge in [0, 0.05) is 80.6 Å². The minimum Gasteiger partial charge on any atom is -0.315 e. The molecule has 2 N–H and O–H groups in total. The highest BCUT2D eigenvalue weighted by molar-refractivity contribution is 4.82. The Bertz CT molecular complexity index is 1440. The van der Waals surface area contributed by atoms with Crippen molar-refractivity contribution in [3.63, 3.8) is 0 Å². The van der Waals surface area contributed by atoms with E-state index in [1.165, 1.54) is 168 Å². The molecule has 0 radical (unpaired) electrons. The molecule has 0 aromatic heterocycles. The van der Waals surface area contributed by atoms with Crippen molar-refractivity contribution in [2.24, 2.45) is 76.9 Å². The second kappa shape index (κ2) is 51.9. The molecule has 0 aromatic rings. The lowest BCUT2D eigenvalue weighted by Gasteiger charge is -2.37. The Hall–Kier alpha value is -0.320. The van der Waals surface area contributed by atoms with Gasteiger partial charge in [0.05, 0.1) is 0 Å². The normalized spacial score (nSPS) is 23.9. The Morgan fingerprint density at radius 2 is 0.663 bits per heavy atom. The molecule has 5 saturated heterocycles. The van der Waals surface area contributed by atoms with Crippen LogP contribution in [0, 0.1) is 76.9 Å². The van der Waals surface area contributed by atoms with Crippen molar-refractivity contribution in [3.05, 3.63) is 0 Å². The first-order valence-electron chi connectivity index (χ1n) is 39.3. The van der Waals surface area contributed by atoms with Crippen LogP contribution < -0.4 is 10.6 Å². The highest BCUT2D eigenvalue weighted by Crippen LogP contribution is 2.31. The average molecular weight is 1260 g/mol. The third-order valence-electron chi connectivity index (χ3n) is 21.4. The SMILES string of the molecule is CC(C)C1CCCN(C(C)C)C1.CC(C)C1CCN(C(C)C)C1.CC(C)C1CCN(C(C)C)CC1.CC(C)CCN(C)C(C)C.CC(C)CCNC(C)C.CC(C)N1CCC[C@H](C)C1.CC(C)NC1CCC(C(C)C)CC1.CC(C)[C@@H]1CCCN(C(C)C)C1. The Balaban J connectivity index is 0. The van der Waals surface area contributed by atoms with Crippen LogP contribution in [-0.2, 0) is 0 Å². The predicted molar refractivity (Wildman–Crippen MR) is 406 cm³/mol. The van der Waals surface area contributed by atoms with E-state index in [4.69, 9.17) is 0 Å². The monoisotopic (exact) mass is 1260 g/mol. The summed E-state index contributed by atoms with van der Waals surface area (Å²) >= 11 is 0. The van der Waals surface area contributed by atoms with Crippen molar-refractivity contribution in [1.29, 1.82) is 0 Å². The quantitative estimate of drug-likeness (QED) is 0.125. The molecule has 6 rings (SSSR count). The van der Waals surface area contributed by atoms with Gasteiger partial charge in [-0.05, 0) is 316 Å². The van der Waals surface area contributed by atoms with Crippen LogP contribution >= 0.6 is 0 Å². The van der Waals surface area contributed by atoms with E-state index < -0.39 is 0 Å². The van der Waals surface area contributed by atoms with Crippen molar-refractivity contribution in [1.82, 2.24) is 40.0 Å². The summed E-state index contributed by atoms with van der Waals surface area (Å²) in [6.07, 6.45) is 21.0. The molecule has 5 heterocycles. The van der Waals surface area contributed by atoms with Crippen LogP contribution in [0.25, 0.3) is 0 Å². The van der Waals surface area contributed by atoms with Gasteiger partial charge in [-0.25, -0.2) is 0 Å². The topological polar surface area (TPSA) is 43.5 Å². The zero-order chi connectivity index (χ0) is 68.7. The highest BCUT2D eigenvalue weighted by Gasteiger charge is 2.28. The summed E-state index contributed by atoms with van der Waals surface area (Å²) in [5, 5.41) is 7.02. The zero-order valence-corrected chi connectivity index (χ0v) is 67.5. The molecule has 538 valence electrons. The van der Waals surface area contributed by atoms with Crippen LogP contribution in [0.4, 0.5) is 0 Å². The lowest BCUT2D eigenvalue weighted by atomic mass is 9.79. The summed E-state index contributed by atoms with van der Waals surface area (Å²) in [5.41, 5.74) is 0. The molecule has 8 heteroatoms. The van der Waals surface area contributed by atoms with Gasteiger partial charge in [-0.15, -0.1) is 0 Å². The number of rotatable bonds is 20. The fourth-order valence-corrected chi connectivity index (χ4v) is 13.5. The molecule has 1 aliphatic carbocycles. The van der Waals surface area contributed by atoms with Crippen LogP contribution in [0.1, 0.15) is 311 Å². The van der Waals surface area contributed by atoms with E-state index in [1.54, 1.807) is 0 Å². The van der Waals surface area contributed by atoms with Crippen LogP contribution in [0.2, 0.25) is 0 Å². The van der Waals surface area contributed by atoms with Crippen molar-refractivity contribution in [3.8, 4) is 0 Å². The summed E-state index contributed by atoms with van der Waals surface area (Å²) in [6.45, 7) is 86.9. The van der Waals surface area contributed by atoms with E-state index in [1.807, 2.05) is 0 Å². The fourth-order valence-electron chi connectivity index (χ4n) is 13.5. The largest absolute Gasteiger partial charge is 0.315 e. The van der Waals surface area contributed by atoms with Gasteiger partial charge in [-0.2, -0.15) is 0 Å². The maximum Gasteiger partial charge on any atom is 0.00696 e. The van der Waals surface area contributed by atoms with Gasteiger partial charge >= 0.3 is 0 Å². The number of nitrogens with zero attached hydrogens (tertiary/aromatic N) is 6. The zero-order valence-electron chi connectivity index (χ0n) is 67.5. The maximum absolute atomic E-state index is 3.64. The number of piperidine rings is 4. The molecular weight excluding hydrogens is 1080 g/mol. The van der Waals surface area contributed by atoms with Crippen LogP contribution in [0.15, 0.2) is 0 Å². The first kappa shape index (κ1) is 90.7. The standard InChI is InChI=1S/C12H25N.3C11H23N.C10H21N.C9H19N.C9H21N.C8H19N/c1-9(2)11-5-7-12(8-6-11)13-10(3)4;1-9(2)11-5-7-12(8-6-11)10(3)4;2*1-9(2)11-6-5-7-12(8-11)10(3)4;1-8(2)10-5-6-11(7-10)9(3)4;1-8(2)10-6-4-5-9(3)7-10;1-8(2)6-7-10(5)9(3)4;1-7(2)5-6-9-8(3)4/h9-13H,5-8H2,1-4H3;3*9-11H,5-8H2,1-4H3;8-10H,5-7H2,1-4H3;8-9H,4-7H2,1-3H3;8-9H,6-7H2,1-5H3;7-9H,5-6H2,1-4H3/t;;11-;;;9-;;/m..1..0../s1. The molecule has 0 amide bonds. The molecule has 0 aromatic carbocycles. The van der Waals surface area contributed by atoms with Crippen molar-refractivity contribution >= 4 is 0 Å². The summed E-state index contributed by atoms with van der Waals surface area (Å²) in [4.78, 5) is 15.4. The summed E-state index contributed by atoms with van der Waals surface area (Å²) in [6, 6.07) is 6.52. The average Bonchev–Trinajstić information content (AvgIpc) is 4.19. The van der Waals surface area contributed by atoms with E-state index in [2.05, 4.69) is 262 Å². The Labute approximate surface area is 565 Å². The third-order valence-corrected chi connectivity index (χ3v) is 21.4. The number of hydrogen-bond donors (Lipinski definition) is 2. The number of hydrogen-bond acceptors (Lipinski definition) is 8. The Kier molecular flexibility index (Phi) is 52.9. The van der Waals surface area contributed by atoms with Gasteiger partial charge in [-0.3, -0.25) is 0 Å². The van der Waals surface area contributed by atoms with E-state index in [0.717, 1.165) is 120 Å². The van der Waals surface area contributed by atoms with Gasteiger partial charge in [0.1, 0.15) is 0 Å². The van der Waals surface area contributed by atoms with E-state index in [0.29, 0.717) is 18.1 Å². The van der Waals surface area contributed by atoms with E-state index in [-0.39, 0.29) is 0 Å². The molecule has 4 atom stereocenters. The van der Waals surface area contributed by atoms with Crippen LogP contribution in [0.3, 0.4) is 0 Å². The van der Waals surface area contributed by atoms with Gasteiger partial charge in [0.15, 0.2) is 0 Å². The first-order valence-corrected chi connectivity index (χ1v) is 39.3. The van der Waals surface area contributed by atoms with Gasteiger partial charge < -0.3 is 40.0 Å². The predicted octanol–water partition coefficient (Wildman–Crippen LogP) is 20.4. The van der Waals surface area contributed by atoms with Crippen molar-refractivity contribution < 1.29 is 0 Å². The second-order valence-corrected chi connectivity index (χ2v) is 34.6. The van der Waals surface area contributed by atoms with E-state index >= 15 is 0 Å². The van der Waals surface area contributed by atoms with Gasteiger partial charge in [-0.1, -0.05) is 132 Å². The number of nitrogens with one attached hydrogen (secondary N) is 2. The maximum atomic E-state index is 3.64. The second-order valence-electron chi connectivity index (χ2n) is 34.6. The molecule has 2 unspecified atom stereocenters. The third kappa shape index (κ3) is 46.5. The molecular formula is C81H174N8. The first-order chi connectivity index (χ1) is 41.4. The smallest absolute Gasteiger partial charge is 0.00696 e. The molecule has 89 heavy (non-hydrogen) atoms. The van der Waals surface area contributed by atoms with Crippen molar-refractivity contribution in [2.45, 2.75) is 365 Å². The number of likely N-dealkylation sites (tertiary alicyclic amines) is 5. The molecule has 6 aliphatic rings. The van der Waals surface area contributed by atoms with Gasteiger partial charge in [0.2, 0.25) is 0 Å². The summed E-state index contributed by atoms with van der Waals surface area (Å²) in [7, 11) is 2.19. The molecule has 0 bridgehead atoms. The van der Waals surface area contributed by atoms with E-state index in [9.17, 15) is 0 Å².